The van der Waals surface area contributed by atoms with Crippen molar-refractivity contribution in [2.75, 3.05) is 13.6 Å². The summed E-state index contributed by atoms with van der Waals surface area (Å²) in [4.78, 5) is 0. The molecule has 0 amide bonds. The molecular formula is C13H16BrNO. The van der Waals surface area contributed by atoms with E-state index in [1.807, 2.05) is 13.3 Å². The Morgan fingerprint density at radius 3 is 2.81 bits per heavy atom. The number of halogens is 1. The Labute approximate surface area is 104 Å². The average molecular weight is 282 g/mol. The van der Waals surface area contributed by atoms with Crippen LogP contribution in [0.1, 0.15) is 16.7 Å². The van der Waals surface area contributed by atoms with Crippen LogP contribution in [0, 0.1) is 13.8 Å². The van der Waals surface area contributed by atoms with Gasteiger partial charge in [0.15, 0.2) is 0 Å². The first-order valence-electron chi connectivity index (χ1n) is 5.45. The summed E-state index contributed by atoms with van der Waals surface area (Å²) in [6, 6.07) is 2.09. The van der Waals surface area contributed by atoms with Crippen LogP contribution >= 0.6 is 15.9 Å². The Hall–Kier alpha value is -0.800. The van der Waals surface area contributed by atoms with Crippen LogP contribution in [0.3, 0.4) is 0 Å². The fourth-order valence-electron chi connectivity index (χ4n) is 2.05. The Morgan fingerprint density at radius 1 is 1.38 bits per heavy atom. The van der Waals surface area contributed by atoms with Crippen molar-refractivity contribution in [3.8, 4) is 0 Å². The number of rotatable bonds is 3. The molecule has 1 aromatic carbocycles. The molecule has 1 heterocycles. The van der Waals surface area contributed by atoms with E-state index in [1.165, 1.54) is 26.5 Å². The maximum Gasteiger partial charge on any atom is 0.134 e. The lowest BCUT2D eigenvalue weighted by atomic mass is 10.0. The molecular weight excluding hydrogens is 266 g/mol. The Bertz CT molecular complexity index is 516. The topological polar surface area (TPSA) is 25.2 Å². The molecule has 1 N–H and O–H groups in total. The number of hydrogen-bond acceptors (Lipinski definition) is 2. The van der Waals surface area contributed by atoms with Crippen LogP contribution < -0.4 is 5.32 Å². The monoisotopic (exact) mass is 281 g/mol. The van der Waals surface area contributed by atoms with Crippen molar-refractivity contribution in [2.24, 2.45) is 0 Å². The van der Waals surface area contributed by atoms with E-state index in [-0.39, 0.29) is 0 Å². The van der Waals surface area contributed by atoms with Gasteiger partial charge >= 0.3 is 0 Å². The molecule has 16 heavy (non-hydrogen) atoms. The fraction of sp³-hybridized carbons (Fsp3) is 0.385. The van der Waals surface area contributed by atoms with Crippen LogP contribution in [0.2, 0.25) is 0 Å². The van der Waals surface area contributed by atoms with Crippen molar-refractivity contribution < 1.29 is 4.42 Å². The molecule has 0 unspecified atom stereocenters. The number of likely N-dealkylation sites (N-methyl/N-ethyl adjacent to an activating group) is 1. The van der Waals surface area contributed by atoms with Crippen LogP contribution in [0.25, 0.3) is 11.0 Å². The molecule has 86 valence electrons. The number of benzene rings is 1. The number of aryl methyl sites for hydroxylation is 2. The second-order valence-electron chi connectivity index (χ2n) is 4.12. The van der Waals surface area contributed by atoms with Crippen molar-refractivity contribution in [3.63, 3.8) is 0 Å². The minimum Gasteiger partial charge on any atom is -0.464 e. The lowest BCUT2D eigenvalue weighted by molar-refractivity contribution is 0.608. The summed E-state index contributed by atoms with van der Waals surface area (Å²) >= 11 is 3.63. The third kappa shape index (κ3) is 1.89. The maximum absolute atomic E-state index is 5.61. The lowest BCUT2D eigenvalue weighted by Crippen LogP contribution is -2.10. The highest BCUT2D eigenvalue weighted by Crippen LogP contribution is 2.32. The van der Waals surface area contributed by atoms with E-state index in [9.17, 15) is 0 Å². The highest BCUT2D eigenvalue weighted by atomic mass is 79.9. The third-order valence-corrected chi connectivity index (χ3v) is 4.16. The molecule has 0 aliphatic rings. The molecule has 0 saturated carbocycles. The number of fused-ring (bicyclic) bond motifs is 1. The van der Waals surface area contributed by atoms with Gasteiger partial charge in [-0.25, -0.2) is 0 Å². The summed E-state index contributed by atoms with van der Waals surface area (Å²) in [7, 11) is 1.97. The standard InChI is InChI=1S/C13H16BrNO/c1-8-6-11-12(9(2)13(8)14)10(7-16-11)4-5-15-3/h6-7,15H,4-5H2,1-3H3. The van der Waals surface area contributed by atoms with Crippen LogP contribution in [-0.2, 0) is 6.42 Å². The average Bonchev–Trinajstić information content (AvgIpc) is 2.66. The van der Waals surface area contributed by atoms with Gasteiger partial charge in [0.25, 0.3) is 0 Å². The van der Waals surface area contributed by atoms with Crippen LogP contribution in [0.4, 0.5) is 0 Å². The first-order valence-corrected chi connectivity index (χ1v) is 6.24. The molecule has 0 aliphatic heterocycles. The smallest absolute Gasteiger partial charge is 0.134 e. The number of nitrogens with one attached hydrogen (secondary N) is 1. The second kappa shape index (κ2) is 4.60. The van der Waals surface area contributed by atoms with Crippen molar-refractivity contribution in [3.05, 3.63) is 33.5 Å². The zero-order valence-corrected chi connectivity index (χ0v) is 11.4. The first kappa shape index (κ1) is 11.7. The van der Waals surface area contributed by atoms with Gasteiger partial charge in [-0.05, 0) is 56.6 Å². The van der Waals surface area contributed by atoms with Gasteiger partial charge in [0, 0.05) is 9.86 Å². The summed E-state index contributed by atoms with van der Waals surface area (Å²) in [5, 5.41) is 4.42. The quantitative estimate of drug-likeness (QED) is 0.931. The van der Waals surface area contributed by atoms with E-state index in [0.717, 1.165) is 18.5 Å². The summed E-state index contributed by atoms with van der Waals surface area (Å²) in [5.74, 6) is 0. The highest BCUT2D eigenvalue weighted by molar-refractivity contribution is 9.10. The van der Waals surface area contributed by atoms with E-state index in [1.54, 1.807) is 0 Å². The highest BCUT2D eigenvalue weighted by Gasteiger charge is 2.12. The largest absolute Gasteiger partial charge is 0.464 e. The molecule has 0 spiro atoms. The predicted octanol–water partition coefficient (Wildman–Crippen LogP) is 3.57. The molecule has 2 nitrogen and oxygen atoms in total. The maximum atomic E-state index is 5.61. The predicted molar refractivity (Wildman–Crippen MR) is 71.0 cm³/mol. The normalized spacial score (nSPS) is 11.2. The molecule has 0 atom stereocenters. The minimum absolute atomic E-state index is 0.972. The Balaban J connectivity index is 2.57. The third-order valence-electron chi connectivity index (χ3n) is 2.94. The van der Waals surface area contributed by atoms with Gasteiger partial charge in [0.05, 0.1) is 6.26 Å². The minimum atomic E-state index is 0.972. The number of furan rings is 1. The fourth-order valence-corrected chi connectivity index (χ4v) is 2.36. The van der Waals surface area contributed by atoms with Gasteiger partial charge in [-0.2, -0.15) is 0 Å². The molecule has 3 heteroatoms. The lowest BCUT2D eigenvalue weighted by Gasteiger charge is -2.05. The molecule has 0 radical (unpaired) electrons. The van der Waals surface area contributed by atoms with Crippen LogP contribution in [-0.4, -0.2) is 13.6 Å². The summed E-state index contributed by atoms with van der Waals surface area (Å²) < 4.78 is 6.80. The molecule has 2 rings (SSSR count). The van der Waals surface area contributed by atoms with E-state index in [4.69, 9.17) is 4.42 Å². The van der Waals surface area contributed by atoms with Gasteiger partial charge in [0.1, 0.15) is 5.58 Å². The Morgan fingerprint density at radius 2 is 2.12 bits per heavy atom. The SMILES string of the molecule is CNCCc1coc2cc(C)c(Br)c(C)c12. The second-order valence-corrected chi connectivity index (χ2v) is 4.91. The van der Waals surface area contributed by atoms with E-state index in [2.05, 4.69) is 41.2 Å². The van der Waals surface area contributed by atoms with E-state index in [0.29, 0.717) is 0 Å². The van der Waals surface area contributed by atoms with Gasteiger partial charge in [0.2, 0.25) is 0 Å². The Kier molecular flexibility index (Phi) is 3.36. The molecule has 0 bridgehead atoms. The zero-order chi connectivity index (χ0) is 11.7. The summed E-state index contributed by atoms with van der Waals surface area (Å²) in [5.41, 5.74) is 4.77. The molecule has 2 aromatic rings. The van der Waals surface area contributed by atoms with Crippen LogP contribution in [0.15, 0.2) is 21.2 Å². The summed E-state index contributed by atoms with van der Waals surface area (Å²) in [6.07, 6.45) is 2.88. The molecule has 1 aromatic heterocycles. The van der Waals surface area contributed by atoms with Gasteiger partial charge in [-0.1, -0.05) is 15.9 Å². The first-order chi connectivity index (χ1) is 7.65. The molecule has 0 aliphatic carbocycles. The van der Waals surface area contributed by atoms with Gasteiger partial charge in [-0.3, -0.25) is 0 Å². The van der Waals surface area contributed by atoms with Gasteiger partial charge in [-0.15, -0.1) is 0 Å². The van der Waals surface area contributed by atoms with Gasteiger partial charge < -0.3 is 9.73 Å². The van der Waals surface area contributed by atoms with Crippen molar-refractivity contribution in [2.45, 2.75) is 20.3 Å². The van der Waals surface area contributed by atoms with E-state index >= 15 is 0 Å². The molecule has 0 fully saturated rings. The number of hydrogen-bond donors (Lipinski definition) is 1. The molecule has 0 saturated heterocycles. The van der Waals surface area contributed by atoms with Crippen LogP contribution in [0.5, 0.6) is 0 Å². The van der Waals surface area contributed by atoms with Crippen molar-refractivity contribution in [1.82, 2.24) is 5.32 Å². The zero-order valence-electron chi connectivity index (χ0n) is 9.86. The summed E-state index contributed by atoms with van der Waals surface area (Å²) in [6.45, 7) is 5.20. The van der Waals surface area contributed by atoms with Crippen molar-refractivity contribution in [1.29, 1.82) is 0 Å². The van der Waals surface area contributed by atoms with Crippen molar-refractivity contribution >= 4 is 26.9 Å². The van der Waals surface area contributed by atoms with E-state index < -0.39 is 0 Å².